The van der Waals surface area contributed by atoms with Gasteiger partial charge in [0.15, 0.2) is 5.82 Å². The van der Waals surface area contributed by atoms with Crippen LogP contribution in [0.3, 0.4) is 0 Å². The second-order valence-electron chi connectivity index (χ2n) is 6.76. The predicted octanol–water partition coefficient (Wildman–Crippen LogP) is 4.93. The van der Waals surface area contributed by atoms with Gasteiger partial charge in [-0.1, -0.05) is 63.2 Å². The highest BCUT2D eigenvalue weighted by Crippen LogP contribution is 2.25. The van der Waals surface area contributed by atoms with Crippen LogP contribution in [0.15, 0.2) is 53.6 Å². The van der Waals surface area contributed by atoms with E-state index in [0.717, 1.165) is 5.56 Å². The number of hydrogen-bond acceptors (Lipinski definition) is 3. The van der Waals surface area contributed by atoms with Gasteiger partial charge in [0.25, 0.3) is 0 Å². The predicted molar refractivity (Wildman–Crippen MR) is 101 cm³/mol. The SMILES string of the molecule is CC(C)(C)c1ccc(-c2n[nH]c(=S)n2N=Cc2ccccc2F)cc1. The maximum atomic E-state index is 13.7. The lowest BCUT2D eigenvalue weighted by molar-refractivity contribution is 0.590. The Morgan fingerprint density at radius 3 is 2.44 bits per heavy atom. The van der Waals surface area contributed by atoms with Crippen molar-refractivity contribution in [3.8, 4) is 11.4 Å². The first-order valence-electron chi connectivity index (χ1n) is 7.93. The summed E-state index contributed by atoms with van der Waals surface area (Å²) in [5.74, 6) is 0.246. The molecule has 0 aliphatic rings. The molecular weight excluding hydrogens is 335 g/mol. The van der Waals surface area contributed by atoms with E-state index in [1.807, 2.05) is 12.1 Å². The van der Waals surface area contributed by atoms with E-state index in [2.05, 4.69) is 48.2 Å². The number of hydrogen-bond donors (Lipinski definition) is 1. The Balaban J connectivity index is 1.97. The quantitative estimate of drug-likeness (QED) is 0.536. The summed E-state index contributed by atoms with van der Waals surface area (Å²) in [6.07, 6.45) is 1.44. The largest absolute Gasteiger partial charge is 0.250 e. The molecule has 0 aliphatic heterocycles. The van der Waals surface area contributed by atoms with Crippen molar-refractivity contribution in [2.45, 2.75) is 26.2 Å². The van der Waals surface area contributed by atoms with Crippen LogP contribution in [-0.4, -0.2) is 21.1 Å². The Morgan fingerprint density at radius 2 is 1.80 bits per heavy atom. The highest BCUT2D eigenvalue weighted by atomic mass is 32.1. The number of halogens is 1. The standard InChI is InChI=1S/C19H19FN4S/c1-19(2,3)15-10-8-13(9-11-15)17-22-23-18(25)24(17)21-12-14-6-4-5-7-16(14)20/h4-12H,1-3H3,(H,23,25). The molecule has 1 heterocycles. The van der Waals surface area contributed by atoms with Gasteiger partial charge in [-0.2, -0.15) is 14.9 Å². The van der Waals surface area contributed by atoms with Crippen molar-refractivity contribution in [3.05, 3.63) is 70.2 Å². The summed E-state index contributed by atoms with van der Waals surface area (Å²) in [5.41, 5.74) is 2.57. The normalized spacial score (nSPS) is 12.0. The topological polar surface area (TPSA) is 46.0 Å². The molecule has 3 aromatic rings. The number of rotatable bonds is 3. The third-order valence-electron chi connectivity index (χ3n) is 3.88. The van der Waals surface area contributed by atoms with Gasteiger partial charge in [-0.15, -0.1) is 0 Å². The van der Waals surface area contributed by atoms with E-state index in [4.69, 9.17) is 12.2 Å². The molecule has 0 saturated carbocycles. The van der Waals surface area contributed by atoms with Gasteiger partial charge >= 0.3 is 0 Å². The molecule has 3 rings (SSSR count). The van der Waals surface area contributed by atoms with Crippen molar-refractivity contribution < 1.29 is 4.39 Å². The zero-order chi connectivity index (χ0) is 18.0. The van der Waals surface area contributed by atoms with E-state index < -0.39 is 0 Å². The first-order valence-corrected chi connectivity index (χ1v) is 8.34. The van der Waals surface area contributed by atoms with Crippen LogP contribution >= 0.6 is 12.2 Å². The average molecular weight is 354 g/mol. The molecule has 128 valence electrons. The fourth-order valence-electron chi connectivity index (χ4n) is 2.40. The highest BCUT2D eigenvalue weighted by Gasteiger charge is 2.14. The molecule has 0 unspecified atom stereocenters. The number of aromatic nitrogens is 3. The number of benzene rings is 2. The van der Waals surface area contributed by atoms with Gasteiger partial charge in [0.05, 0.1) is 6.21 Å². The van der Waals surface area contributed by atoms with Crippen LogP contribution in [0.25, 0.3) is 11.4 Å². The third kappa shape index (κ3) is 3.74. The molecular formula is C19H19FN4S. The Bertz CT molecular complexity index is 962. The molecule has 0 aliphatic carbocycles. The summed E-state index contributed by atoms with van der Waals surface area (Å²) >= 11 is 5.24. The van der Waals surface area contributed by atoms with Crippen LogP contribution in [-0.2, 0) is 5.41 Å². The number of nitrogens with zero attached hydrogens (tertiary/aromatic N) is 3. The second kappa shape index (κ2) is 6.72. The van der Waals surface area contributed by atoms with E-state index in [9.17, 15) is 4.39 Å². The third-order valence-corrected chi connectivity index (χ3v) is 4.14. The number of nitrogens with one attached hydrogen (secondary N) is 1. The van der Waals surface area contributed by atoms with Crippen LogP contribution in [0, 0.1) is 10.6 Å². The zero-order valence-electron chi connectivity index (χ0n) is 14.3. The minimum Gasteiger partial charge on any atom is -0.250 e. The molecule has 0 atom stereocenters. The molecule has 1 N–H and O–H groups in total. The van der Waals surface area contributed by atoms with Gasteiger partial charge in [0.2, 0.25) is 4.77 Å². The molecule has 6 heteroatoms. The van der Waals surface area contributed by atoms with Gasteiger partial charge < -0.3 is 0 Å². The molecule has 25 heavy (non-hydrogen) atoms. The molecule has 1 aromatic heterocycles. The van der Waals surface area contributed by atoms with Crippen molar-refractivity contribution in [2.24, 2.45) is 5.10 Å². The zero-order valence-corrected chi connectivity index (χ0v) is 15.1. The van der Waals surface area contributed by atoms with Crippen LogP contribution in [0.4, 0.5) is 4.39 Å². The van der Waals surface area contributed by atoms with Gasteiger partial charge in [0.1, 0.15) is 5.82 Å². The summed E-state index contributed by atoms with van der Waals surface area (Å²) < 4.78 is 15.6. The van der Waals surface area contributed by atoms with E-state index in [1.165, 1.54) is 22.5 Å². The lowest BCUT2D eigenvalue weighted by atomic mass is 9.87. The van der Waals surface area contributed by atoms with Gasteiger partial charge in [-0.3, -0.25) is 0 Å². The van der Waals surface area contributed by atoms with Crippen LogP contribution in [0.1, 0.15) is 31.9 Å². The minimum absolute atomic E-state index is 0.0756. The molecule has 0 spiro atoms. The first kappa shape index (κ1) is 17.2. The monoisotopic (exact) mass is 354 g/mol. The molecule has 0 saturated heterocycles. The fourth-order valence-corrected chi connectivity index (χ4v) is 2.58. The Labute approximate surface area is 151 Å². The highest BCUT2D eigenvalue weighted by molar-refractivity contribution is 7.71. The van der Waals surface area contributed by atoms with Crippen LogP contribution in [0.5, 0.6) is 0 Å². The average Bonchev–Trinajstić information content (AvgIpc) is 2.94. The van der Waals surface area contributed by atoms with Gasteiger partial charge in [0, 0.05) is 11.1 Å². The van der Waals surface area contributed by atoms with Crippen LogP contribution in [0.2, 0.25) is 0 Å². The van der Waals surface area contributed by atoms with Crippen molar-refractivity contribution in [3.63, 3.8) is 0 Å². The van der Waals surface area contributed by atoms with Crippen LogP contribution < -0.4 is 0 Å². The summed E-state index contributed by atoms with van der Waals surface area (Å²) in [7, 11) is 0. The van der Waals surface area contributed by atoms with Crippen molar-refractivity contribution >= 4 is 18.4 Å². The molecule has 0 bridgehead atoms. The van der Waals surface area contributed by atoms with E-state index >= 15 is 0 Å². The Hall–Kier alpha value is -2.60. The maximum Gasteiger partial charge on any atom is 0.216 e. The Morgan fingerprint density at radius 1 is 1.12 bits per heavy atom. The van der Waals surface area contributed by atoms with E-state index in [0.29, 0.717) is 16.2 Å². The van der Waals surface area contributed by atoms with Crippen molar-refractivity contribution in [2.75, 3.05) is 0 Å². The summed E-state index contributed by atoms with van der Waals surface area (Å²) in [4.78, 5) is 0. The molecule has 2 aromatic carbocycles. The first-order chi connectivity index (χ1) is 11.9. The molecule has 0 fully saturated rings. The summed E-state index contributed by atoms with van der Waals surface area (Å²) in [6.45, 7) is 6.49. The van der Waals surface area contributed by atoms with Crippen molar-refractivity contribution in [1.82, 2.24) is 14.9 Å². The maximum absolute atomic E-state index is 13.7. The molecule has 0 radical (unpaired) electrons. The summed E-state index contributed by atoms with van der Waals surface area (Å²) in [6, 6.07) is 14.5. The fraction of sp³-hybridized carbons (Fsp3) is 0.211. The number of aromatic amines is 1. The molecule has 0 amide bonds. The smallest absolute Gasteiger partial charge is 0.216 e. The Kier molecular flexibility index (Phi) is 4.63. The number of H-pyrrole nitrogens is 1. The van der Waals surface area contributed by atoms with Gasteiger partial charge in [-0.25, -0.2) is 9.49 Å². The molecule has 4 nitrogen and oxygen atoms in total. The minimum atomic E-state index is -0.336. The summed E-state index contributed by atoms with van der Waals surface area (Å²) in [5, 5.41) is 11.3. The van der Waals surface area contributed by atoms with E-state index in [-0.39, 0.29) is 11.2 Å². The van der Waals surface area contributed by atoms with E-state index in [1.54, 1.807) is 18.2 Å². The lowest BCUT2D eigenvalue weighted by Crippen LogP contribution is -2.10. The van der Waals surface area contributed by atoms with Gasteiger partial charge in [-0.05, 0) is 29.3 Å². The van der Waals surface area contributed by atoms with Crippen molar-refractivity contribution in [1.29, 1.82) is 0 Å². The second-order valence-corrected chi connectivity index (χ2v) is 7.14. The lowest BCUT2D eigenvalue weighted by Gasteiger charge is -2.18.